The maximum atomic E-state index is 13.0. The van der Waals surface area contributed by atoms with Crippen molar-refractivity contribution in [1.82, 2.24) is 15.1 Å². The first-order valence-electron chi connectivity index (χ1n) is 8.60. The number of halogens is 3. The topological polar surface area (TPSA) is 41.9 Å². The van der Waals surface area contributed by atoms with Crippen LogP contribution in [0.3, 0.4) is 0 Å². The molecule has 4 nitrogen and oxygen atoms in total. The second kappa shape index (κ2) is 8.90. The van der Waals surface area contributed by atoms with E-state index in [-0.39, 0.29) is 5.82 Å². The molecule has 28 heavy (non-hydrogen) atoms. The van der Waals surface area contributed by atoms with E-state index in [0.717, 1.165) is 28.2 Å². The van der Waals surface area contributed by atoms with Gasteiger partial charge in [-0.3, -0.25) is 4.68 Å². The molecule has 1 aromatic heterocycles. The summed E-state index contributed by atoms with van der Waals surface area (Å²) in [6, 6.07) is 11.7. The van der Waals surface area contributed by atoms with E-state index < -0.39 is 0 Å². The van der Waals surface area contributed by atoms with Gasteiger partial charge in [0.2, 0.25) is 0 Å². The van der Waals surface area contributed by atoms with Crippen LogP contribution in [-0.4, -0.2) is 14.9 Å². The van der Waals surface area contributed by atoms with Gasteiger partial charge in [0.1, 0.15) is 5.82 Å². The molecule has 3 rings (SSSR count). The predicted molar refractivity (Wildman–Crippen MR) is 117 cm³/mol. The first-order chi connectivity index (χ1) is 13.3. The highest BCUT2D eigenvalue weighted by Gasteiger charge is 2.14. The van der Waals surface area contributed by atoms with E-state index in [2.05, 4.69) is 15.7 Å². The Balaban J connectivity index is 1.67. The Morgan fingerprint density at radius 2 is 1.86 bits per heavy atom. The summed E-state index contributed by atoms with van der Waals surface area (Å²) in [6.07, 6.45) is 0. The standard InChI is InChI=1S/C20H19Cl2FN4S/c1-12-19(25-20(28)24-10-14-3-7-17(23)8-4-14)13(2)27(26-12)11-15-5-6-16(21)9-18(15)22/h3-9H,10-11H2,1-2H3,(H2,24,25,28). The Morgan fingerprint density at radius 1 is 1.14 bits per heavy atom. The number of hydrogen-bond donors (Lipinski definition) is 2. The summed E-state index contributed by atoms with van der Waals surface area (Å²) < 4.78 is 14.9. The van der Waals surface area contributed by atoms with Gasteiger partial charge in [-0.2, -0.15) is 5.10 Å². The van der Waals surface area contributed by atoms with Crippen LogP contribution in [0.1, 0.15) is 22.5 Å². The average Bonchev–Trinajstić information content (AvgIpc) is 2.91. The van der Waals surface area contributed by atoms with E-state index in [4.69, 9.17) is 35.4 Å². The molecule has 0 bridgehead atoms. The van der Waals surface area contributed by atoms with Crippen LogP contribution < -0.4 is 10.6 Å². The van der Waals surface area contributed by atoms with Gasteiger partial charge < -0.3 is 10.6 Å². The van der Waals surface area contributed by atoms with Crippen molar-refractivity contribution in [2.24, 2.45) is 0 Å². The molecule has 0 spiro atoms. The van der Waals surface area contributed by atoms with Crippen LogP contribution in [0.2, 0.25) is 10.0 Å². The zero-order chi connectivity index (χ0) is 20.3. The molecule has 0 saturated carbocycles. The molecule has 8 heteroatoms. The largest absolute Gasteiger partial charge is 0.358 e. The third kappa shape index (κ3) is 5.01. The third-order valence-corrected chi connectivity index (χ3v) is 5.15. The summed E-state index contributed by atoms with van der Waals surface area (Å²) >= 11 is 17.6. The summed E-state index contributed by atoms with van der Waals surface area (Å²) in [5.41, 5.74) is 4.48. The predicted octanol–water partition coefficient (Wildman–Crippen LogP) is 5.48. The molecule has 0 aliphatic carbocycles. The van der Waals surface area contributed by atoms with Crippen molar-refractivity contribution >= 4 is 46.2 Å². The van der Waals surface area contributed by atoms with Crippen molar-refractivity contribution in [3.05, 3.63) is 80.8 Å². The van der Waals surface area contributed by atoms with Gasteiger partial charge in [0.15, 0.2) is 5.11 Å². The molecular formula is C20H19Cl2FN4S. The monoisotopic (exact) mass is 436 g/mol. The highest BCUT2D eigenvalue weighted by atomic mass is 35.5. The van der Waals surface area contributed by atoms with Gasteiger partial charge >= 0.3 is 0 Å². The molecule has 146 valence electrons. The molecule has 1 heterocycles. The highest BCUT2D eigenvalue weighted by Crippen LogP contribution is 2.25. The summed E-state index contributed by atoms with van der Waals surface area (Å²) in [6.45, 7) is 4.91. The van der Waals surface area contributed by atoms with Crippen LogP contribution in [0.15, 0.2) is 42.5 Å². The van der Waals surface area contributed by atoms with Crippen molar-refractivity contribution in [3.8, 4) is 0 Å². The molecule has 0 unspecified atom stereocenters. The van der Waals surface area contributed by atoms with E-state index in [1.54, 1.807) is 18.2 Å². The lowest BCUT2D eigenvalue weighted by atomic mass is 10.2. The summed E-state index contributed by atoms with van der Waals surface area (Å²) in [4.78, 5) is 0. The quantitative estimate of drug-likeness (QED) is 0.519. The fourth-order valence-electron chi connectivity index (χ4n) is 2.79. The lowest BCUT2D eigenvalue weighted by Gasteiger charge is -2.12. The van der Waals surface area contributed by atoms with Crippen molar-refractivity contribution in [3.63, 3.8) is 0 Å². The maximum absolute atomic E-state index is 13.0. The van der Waals surface area contributed by atoms with E-state index >= 15 is 0 Å². The van der Waals surface area contributed by atoms with Gasteiger partial charge in [0.25, 0.3) is 0 Å². The third-order valence-electron chi connectivity index (χ3n) is 4.32. The van der Waals surface area contributed by atoms with Gasteiger partial charge in [-0.25, -0.2) is 4.39 Å². The SMILES string of the molecule is Cc1nn(Cc2ccc(Cl)cc2Cl)c(C)c1NC(=S)NCc1ccc(F)cc1. The van der Waals surface area contributed by atoms with Crippen LogP contribution in [0, 0.1) is 19.7 Å². The van der Waals surface area contributed by atoms with Gasteiger partial charge in [-0.05, 0) is 61.5 Å². The Hall–Kier alpha value is -2.15. The number of anilines is 1. The fourth-order valence-corrected chi connectivity index (χ4v) is 3.43. The van der Waals surface area contributed by atoms with Gasteiger partial charge in [0, 0.05) is 16.6 Å². The Kier molecular flexibility index (Phi) is 6.54. The van der Waals surface area contributed by atoms with Gasteiger partial charge in [-0.15, -0.1) is 0 Å². The van der Waals surface area contributed by atoms with Gasteiger partial charge in [0.05, 0.1) is 23.6 Å². The molecule has 2 N–H and O–H groups in total. The molecular weight excluding hydrogens is 418 g/mol. The minimum Gasteiger partial charge on any atom is -0.358 e. The summed E-state index contributed by atoms with van der Waals surface area (Å²) in [7, 11) is 0. The van der Waals surface area contributed by atoms with Crippen molar-refractivity contribution in [1.29, 1.82) is 0 Å². The molecule has 3 aromatic rings. The van der Waals surface area contributed by atoms with Crippen LogP contribution in [0.5, 0.6) is 0 Å². The van der Waals surface area contributed by atoms with Gasteiger partial charge in [-0.1, -0.05) is 41.4 Å². The fraction of sp³-hybridized carbons (Fsp3) is 0.200. The van der Waals surface area contributed by atoms with Crippen molar-refractivity contribution in [2.75, 3.05) is 5.32 Å². The Morgan fingerprint density at radius 3 is 2.54 bits per heavy atom. The number of aryl methyl sites for hydroxylation is 1. The van der Waals surface area contributed by atoms with E-state index in [1.165, 1.54) is 12.1 Å². The highest BCUT2D eigenvalue weighted by molar-refractivity contribution is 7.80. The molecule has 2 aromatic carbocycles. The number of thiocarbonyl (C=S) groups is 1. The molecule has 0 fully saturated rings. The molecule has 0 amide bonds. The Bertz CT molecular complexity index is 1000. The molecule has 0 atom stereocenters. The van der Waals surface area contributed by atoms with E-state index in [0.29, 0.717) is 28.2 Å². The smallest absolute Gasteiger partial charge is 0.171 e. The molecule has 0 saturated heterocycles. The Labute approximate surface area is 178 Å². The van der Waals surface area contributed by atoms with Crippen LogP contribution in [-0.2, 0) is 13.1 Å². The number of benzene rings is 2. The number of nitrogens with one attached hydrogen (secondary N) is 2. The van der Waals surface area contributed by atoms with Crippen LogP contribution in [0.25, 0.3) is 0 Å². The normalized spacial score (nSPS) is 10.8. The van der Waals surface area contributed by atoms with E-state index in [9.17, 15) is 4.39 Å². The molecule has 0 aliphatic heterocycles. The van der Waals surface area contributed by atoms with Crippen molar-refractivity contribution in [2.45, 2.75) is 26.9 Å². The van der Waals surface area contributed by atoms with Crippen LogP contribution in [0.4, 0.5) is 10.1 Å². The number of aromatic nitrogens is 2. The zero-order valence-electron chi connectivity index (χ0n) is 15.4. The van der Waals surface area contributed by atoms with E-state index in [1.807, 2.05) is 30.7 Å². The maximum Gasteiger partial charge on any atom is 0.171 e. The first-order valence-corrected chi connectivity index (χ1v) is 9.77. The molecule has 0 aliphatic rings. The lowest BCUT2D eigenvalue weighted by molar-refractivity contribution is 0.627. The van der Waals surface area contributed by atoms with Crippen LogP contribution >= 0.6 is 35.4 Å². The summed E-state index contributed by atoms with van der Waals surface area (Å²) in [5, 5.41) is 12.6. The number of nitrogens with zero attached hydrogens (tertiary/aromatic N) is 2. The number of rotatable bonds is 5. The number of hydrogen-bond acceptors (Lipinski definition) is 2. The summed E-state index contributed by atoms with van der Waals surface area (Å²) in [5.74, 6) is -0.260. The minimum absolute atomic E-state index is 0.260. The second-order valence-electron chi connectivity index (χ2n) is 6.37. The zero-order valence-corrected chi connectivity index (χ0v) is 17.7. The second-order valence-corrected chi connectivity index (χ2v) is 7.63. The minimum atomic E-state index is -0.260. The average molecular weight is 437 g/mol. The first kappa shape index (κ1) is 20.6. The van der Waals surface area contributed by atoms with Crippen molar-refractivity contribution < 1.29 is 4.39 Å². The lowest BCUT2D eigenvalue weighted by Crippen LogP contribution is -2.28. The molecule has 0 radical (unpaired) electrons.